The zero-order valence-electron chi connectivity index (χ0n) is 12.2. The van der Waals surface area contributed by atoms with Crippen molar-refractivity contribution in [2.24, 2.45) is 0 Å². The number of likely N-dealkylation sites (tertiary alicyclic amines) is 1. The van der Waals surface area contributed by atoms with Gasteiger partial charge in [0.1, 0.15) is 0 Å². The normalized spacial score (nSPS) is 19.0. The molecule has 1 fully saturated rings. The smallest absolute Gasteiger partial charge is 0.231 e. The molecule has 3 rings (SSSR count). The summed E-state index contributed by atoms with van der Waals surface area (Å²) in [5.74, 6) is 1.69. The first kappa shape index (κ1) is 13.8. The summed E-state index contributed by atoms with van der Waals surface area (Å²) >= 11 is 0. The number of hydrogen-bond acceptors (Lipinski definition) is 4. The number of aromatic nitrogens is 2. The van der Waals surface area contributed by atoms with Crippen molar-refractivity contribution in [3.8, 4) is 0 Å². The summed E-state index contributed by atoms with van der Waals surface area (Å²) in [4.78, 5) is 18.3. The molecule has 5 heteroatoms. The van der Waals surface area contributed by atoms with E-state index in [0.717, 1.165) is 19.4 Å². The highest BCUT2D eigenvalue weighted by Gasteiger charge is 2.29. The number of nitrogens with zero attached hydrogens (tertiary/aromatic N) is 3. The lowest BCUT2D eigenvalue weighted by Crippen LogP contribution is -2.40. The lowest BCUT2D eigenvalue weighted by Gasteiger charge is -2.31. The van der Waals surface area contributed by atoms with E-state index in [-0.39, 0.29) is 11.8 Å². The molecule has 0 saturated carbocycles. The number of rotatable bonds is 4. The monoisotopic (exact) mass is 285 g/mol. The van der Waals surface area contributed by atoms with Gasteiger partial charge in [0.15, 0.2) is 5.82 Å². The summed E-state index contributed by atoms with van der Waals surface area (Å²) in [6, 6.07) is 10.2. The molecule has 21 heavy (non-hydrogen) atoms. The minimum atomic E-state index is 0.166. The van der Waals surface area contributed by atoms with Crippen LogP contribution in [0.1, 0.15) is 36.0 Å². The van der Waals surface area contributed by atoms with Crippen molar-refractivity contribution in [3.05, 3.63) is 47.6 Å². The second-order valence-corrected chi connectivity index (χ2v) is 5.49. The topological polar surface area (TPSA) is 59.2 Å². The molecule has 1 atom stereocenters. The fourth-order valence-electron chi connectivity index (χ4n) is 2.72. The molecule has 1 aliphatic rings. The standard InChI is InChI=1S/C16H19N3O2/c1-12-17-16(21-18-12)14-7-8-15(20)19(11-14)10-9-13-5-3-2-4-6-13/h2-6,14H,7-11H2,1H3. The van der Waals surface area contributed by atoms with E-state index < -0.39 is 0 Å². The molecule has 2 aromatic rings. The third kappa shape index (κ3) is 3.29. The minimum absolute atomic E-state index is 0.166. The third-order valence-corrected chi connectivity index (χ3v) is 3.91. The molecule has 0 N–H and O–H groups in total. The maximum Gasteiger partial charge on any atom is 0.231 e. The lowest BCUT2D eigenvalue weighted by molar-refractivity contribution is -0.133. The molecule has 1 unspecified atom stereocenters. The van der Waals surface area contributed by atoms with E-state index in [2.05, 4.69) is 22.3 Å². The maximum absolute atomic E-state index is 12.1. The van der Waals surface area contributed by atoms with Crippen LogP contribution in [0.25, 0.3) is 0 Å². The van der Waals surface area contributed by atoms with Gasteiger partial charge in [0.05, 0.1) is 5.92 Å². The quantitative estimate of drug-likeness (QED) is 0.865. The number of amides is 1. The van der Waals surface area contributed by atoms with Crippen LogP contribution in [0, 0.1) is 6.92 Å². The van der Waals surface area contributed by atoms with Crippen LogP contribution in [-0.4, -0.2) is 34.0 Å². The molecular weight excluding hydrogens is 266 g/mol. The number of aryl methyl sites for hydroxylation is 1. The van der Waals surface area contributed by atoms with Crippen molar-refractivity contribution in [1.29, 1.82) is 0 Å². The Labute approximate surface area is 124 Å². The lowest BCUT2D eigenvalue weighted by atomic mass is 9.97. The van der Waals surface area contributed by atoms with E-state index in [4.69, 9.17) is 4.52 Å². The first-order valence-corrected chi connectivity index (χ1v) is 7.34. The predicted molar refractivity (Wildman–Crippen MR) is 77.7 cm³/mol. The average Bonchev–Trinajstić information content (AvgIpc) is 2.94. The van der Waals surface area contributed by atoms with Gasteiger partial charge in [-0.3, -0.25) is 4.79 Å². The van der Waals surface area contributed by atoms with E-state index in [9.17, 15) is 4.79 Å². The summed E-state index contributed by atoms with van der Waals surface area (Å²) in [5, 5.41) is 3.84. The van der Waals surface area contributed by atoms with Crippen LogP contribution in [0.4, 0.5) is 0 Å². The zero-order valence-corrected chi connectivity index (χ0v) is 12.2. The second-order valence-electron chi connectivity index (χ2n) is 5.49. The molecule has 1 aromatic carbocycles. The first-order chi connectivity index (χ1) is 10.2. The van der Waals surface area contributed by atoms with Crippen molar-refractivity contribution in [2.75, 3.05) is 13.1 Å². The highest BCUT2D eigenvalue weighted by atomic mass is 16.5. The first-order valence-electron chi connectivity index (χ1n) is 7.34. The van der Waals surface area contributed by atoms with Gasteiger partial charge >= 0.3 is 0 Å². The molecule has 1 aliphatic heterocycles. The highest BCUT2D eigenvalue weighted by Crippen LogP contribution is 2.26. The van der Waals surface area contributed by atoms with E-state index in [0.29, 0.717) is 24.7 Å². The Morgan fingerprint density at radius 2 is 2.14 bits per heavy atom. The van der Waals surface area contributed by atoms with Gasteiger partial charge in [0.25, 0.3) is 0 Å². The molecule has 0 bridgehead atoms. The Bertz CT molecular complexity index is 609. The van der Waals surface area contributed by atoms with Crippen LogP contribution in [-0.2, 0) is 11.2 Å². The number of benzene rings is 1. The molecule has 110 valence electrons. The summed E-state index contributed by atoms with van der Waals surface area (Å²) < 4.78 is 5.25. The fraction of sp³-hybridized carbons (Fsp3) is 0.438. The van der Waals surface area contributed by atoms with Crippen LogP contribution in [0.5, 0.6) is 0 Å². The molecule has 5 nitrogen and oxygen atoms in total. The van der Waals surface area contributed by atoms with Crippen LogP contribution >= 0.6 is 0 Å². The molecule has 1 aromatic heterocycles. The van der Waals surface area contributed by atoms with Gasteiger partial charge in [-0.2, -0.15) is 4.98 Å². The van der Waals surface area contributed by atoms with Crippen molar-refractivity contribution < 1.29 is 9.32 Å². The molecule has 2 heterocycles. The molecular formula is C16H19N3O2. The summed E-state index contributed by atoms with van der Waals surface area (Å²) in [5.41, 5.74) is 1.25. The second kappa shape index (κ2) is 6.08. The maximum atomic E-state index is 12.1. The van der Waals surface area contributed by atoms with Gasteiger partial charge in [0, 0.05) is 19.5 Å². The molecule has 0 radical (unpaired) electrons. The molecule has 1 amide bonds. The van der Waals surface area contributed by atoms with Crippen molar-refractivity contribution in [1.82, 2.24) is 15.0 Å². The summed E-state index contributed by atoms with van der Waals surface area (Å²) in [6.45, 7) is 3.23. The van der Waals surface area contributed by atoms with E-state index in [1.807, 2.05) is 30.0 Å². The Balaban J connectivity index is 1.62. The number of carbonyl (C=O) groups excluding carboxylic acids is 1. The molecule has 0 aliphatic carbocycles. The van der Waals surface area contributed by atoms with Crippen LogP contribution in [0.3, 0.4) is 0 Å². The van der Waals surface area contributed by atoms with Crippen molar-refractivity contribution >= 4 is 5.91 Å². The van der Waals surface area contributed by atoms with E-state index in [1.54, 1.807) is 0 Å². The SMILES string of the molecule is Cc1noc(C2CCC(=O)N(CCc3ccccc3)C2)n1. The Morgan fingerprint density at radius 3 is 2.86 bits per heavy atom. The van der Waals surface area contributed by atoms with Crippen molar-refractivity contribution in [2.45, 2.75) is 32.1 Å². The molecule has 0 spiro atoms. The highest BCUT2D eigenvalue weighted by molar-refractivity contribution is 5.77. The van der Waals surface area contributed by atoms with E-state index >= 15 is 0 Å². The van der Waals surface area contributed by atoms with Gasteiger partial charge in [0.2, 0.25) is 11.8 Å². The Kier molecular flexibility index (Phi) is 3.99. The third-order valence-electron chi connectivity index (χ3n) is 3.91. The van der Waals surface area contributed by atoms with Gasteiger partial charge in [-0.05, 0) is 25.3 Å². The number of hydrogen-bond donors (Lipinski definition) is 0. The summed E-state index contributed by atoms with van der Waals surface area (Å²) in [6.07, 6.45) is 2.23. The van der Waals surface area contributed by atoms with Crippen LogP contribution in [0.15, 0.2) is 34.9 Å². The van der Waals surface area contributed by atoms with Crippen LogP contribution in [0.2, 0.25) is 0 Å². The summed E-state index contributed by atoms with van der Waals surface area (Å²) in [7, 11) is 0. The predicted octanol–water partition coefficient (Wildman–Crippen LogP) is 2.33. The largest absolute Gasteiger partial charge is 0.342 e. The van der Waals surface area contributed by atoms with Gasteiger partial charge < -0.3 is 9.42 Å². The number of piperidine rings is 1. The van der Waals surface area contributed by atoms with Gasteiger partial charge in [-0.1, -0.05) is 35.5 Å². The molecule has 1 saturated heterocycles. The Hall–Kier alpha value is -2.17. The van der Waals surface area contributed by atoms with Crippen molar-refractivity contribution in [3.63, 3.8) is 0 Å². The van der Waals surface area contributed by atoms with Crippen LogP contribution < -0.4 is 0 Å². The fourth-order valence-corrected chi connectivity index (χ4v) is 2.72. The minimum Gasteiger partial charge on any atom is -0.342 e. The Morgan fingerprint density at radius 1 is 1.33 bits per heavy atom. The number of carbonyl (C=O) groups is 1. The van der Waals surface area contributed by atoms with Gasteiger partial charge in [-0.15, -0.1) is 0 Å². The average molecular weight is 285 g/mol. The van der Waals surface area contributed by atoms with Gasteiger partial charge in [-0.25, -0.2) is 0 Å². The van der Waals surface area contributed by atoms with E-state index in [1.165, 1.54) is 5.56 Å². The zero-order chi connectivity index (χ0) is 14.7.